The Kier molecular flexibility index (Phi) is 4.40. The van der Waals surface area contributed by atoms with Crippen LogP contribution in [0.25, 0.3) is 22.3 Å². The van der Waals surface area contributed by atoms with Crippen molar-refractivity contribution in [1.82, 2.24) is 30.2 Å². The number of aromatic nitrogens is 4. The molecule has 30 heavy (non-hydrogen) atoms. The predicted molar refractivity (Wildman–Crippen MR) is 115 cm³/mol. The van der Waals surface area contributed by atoms with Crippen molar-refractivity contribution in [3.8, 4) is 11.3 Å². The minimum Gasteiger partial charge on any atom is -0.348 e. The highest BCUT2D eigenvalue weighted by atomic mass is 16.1. The van der Waals surface area contributed by atoms with Gasteiger partial charge in [0.25, 0.3) is 5.91 Å². The molecule has 0 spiro atoms. The maximum Gasteiger partial charge on any atom is 0.254 e. The Morgan fingerprint density at radius 3 is 2.93 bits per heavy atom. The molecule has 0 aliphatic carbocycles. The summed E-state index contributed by atoms with van der Waals surface area (Å²) < 4.78 is 0. The average molecular weight is 399 g/mol. The van der Waals surface area contributed by atoms with Crippen molar-refractivity contribution in [3.63, 3.8) is 0 Å². The van der Waals surface area contributed by atoms with E-state index in [0.717, 1.165) is 40.1 Å². The summed E-state index contributed by atoms with van der Waals surface area (Å²) in [7, 11) is 4.00. The molecular formula is C22H21N7O. The van der Waals surface area contributed by atoms with E-state index in [1.807, 2.05) is 50.6 Å². The van der Waals surface area contributed by atoms with Crippen molar-refractivity contribution in [2.24, 2.45) is 0 Å². The highest BCUT2D eigenvalue weighted by Crippen LogP contribution is 2.35. The average Bonchev–Trinajstić information content (AvgIpc) is 3.35. The summed E-state index contributed by atoms with van der Waals surface area (Å²) in [5.74, 6) is 0.572. The first kappa shape index (κ1) is 18.3. The molecule has 3 N–H and O–H groups in total. The molecule has 0 saturated carbocycles. The molecule has 4 aromatic rings. The molecule has 0 aromatic carbocycles. The van der Waals surface area contributed by atoms with Crippen LogP contribution in [0.3, 0.4) is 0 Å². The van der Waals surface area contributed by atoms with Crippen LogP contribution in [0.2, 0.25) is 0 Å². The molecule has 8 heteroatoms. The van der Waals surface area contributed by atoms with E-state index in [9.17, 15) is 4.79 Å². The molecule has 0 fully saturated rings. The van der Waals surface area contributed by atoms with Gasteiger partial charge in [0.1, 0.15) is 11.5 Å². The van der Waals surface area contributed by atoms with E-state index in [4.69, 9.17) is 4.98 Å². The van der Waals surface area contributed by atoms with Crippen LogP contribution in [0, 0.1) is 0 Å². The summed E-state index contributed by atoms with van der Waals surface area (Å²) >= 11 is 0. The topological polar surface area (TPSA) is 98.8 Å². The van der Waals surface area contributed by atoms with Crippen molar-refractivity contribution >= 4 is 28.4 Å². The molecule has 150 valence electrons. The number of pyridine rings is 3. The maximum absolute atomic E-state index is 12.7. The van der Waals surface area contributed by atoms with Gasteiger partial charge in [0.05, 0.1) is 28.8 Å². The van der Waals surface area contributed by atoms with Crippen molar-refractivity contribution in [3.05, 3.63) is 65.7 Å². The van der Waals surface area contributed by atoms with Crippen LogP contribution in [0.15, 0.2) is 48.9 Å². The largest absolute Gasteiger partial charge is 0.348 e. The van der Waals surface area contributed by atoms with Gasteiger partial charge < -0.3 is 20.5 Å². The normalized spacial score (nSPS) is 13.0. The molecule has 0 saturated heterocycles. The lowest BCUT2D eigenvalue weighted by Gasteiger charge is -2.14. The van der Waals surface area contributed by atoms with Gasteiger partial charge in [-0.1, -0.05) is 6.07 Å². The minimum absolute atomic E-state index is 0.111. The first-order chi connectivity index (χ1) is 14.6. The smallest absolute Gasteiger partial charge is 0.254 e. The quantitative estimate of drug-likeness (QED) is 0.477. The Labute approximate surface area is 173 Å². The lowest BCUT2D eigenvalue weighted by molar-refractivity contribution is 0.0966. The minimum atomic E-state index is -0.111. The van der Waals surface area contributed by atoms with Crippen LogP contribution in [-0.4, -0.2) is 44.8 Å². The van der Waals surface area contributed by atoms with Crippen molar-refractivity contribution in [2.75, 3.05) is 19.4 Å². The van der Waals surface area contributed by atoms with Gasteiger partial charge in [0.15, 0.2) is 0 Å². The molecule has 1 aliphatic rings. The van der Waals surface area contributed by atoms with Crippen LogP contribution in [0.1, 0.15) is 21.6 Å². The second-order valence-corrected chi connectivity index (χ2v) is 7.53. The highest BCUT2D eigenvalue weighted by Gasteiger charge is 2.28. The van der Waals surface area contributed by atoms with Gasteiger partial charge in [-0.15, -0.1) is 0 Å². The molecule has 5 rings (SSSR count). The van der Waals surface area contributed by atoms with E-state index < -0.39 is 0 Å². The second kappa shape index (κ2) is 7.23. The number of anilines is 2. The number of rotatable bonds is 5. The summed E-state index contributed by atoms with van der Waals surface area (Å²) in [6, 6.07) is 9.73. The second-order valence-electron chi connectivity index (χ2n) is 7.53. The fraction of sp³-hybridized carbons (Fsp3) is 0.182. The molecule has 1 aliphatic heterocycles. The molecule has 4 aromatic heterocycles. The Morgan fingerprint density at radius 1 is 1.17 bits per heavy atom. The summed E-state index contributed by atoms with van der Waals surface area (Å²) in [4.78, 5) is 31.6. The van der Waals surface area contributed by atoms with Gasteiger partial charge in [-0.05, 0) is 38.4 Å². The zero-order chi connectivity index (χ0) is 20.7. The van der Waals surface area contributed by atoms with Crippen LogP contribution in [0.4, 0.5) is 11.5 Å². The summed E-state index contributed by atoms with van der Waals surface area (Å²) in [5, 5.41) is 7.20. The third kappa shape index (κ3) is 3.17. The molecule has 1 amide bonds. The van der Waals surface area contributed by atoms with Crippen LogP contribution >= 0.6 is 0 Å². The van der Waals surface area contributed by atoms with E-state index in [1.165, 1.54) is 0 Å². The summed E-state index contributed by atoms with van der Waals surface area (Å²) in [6.45, 7) is 1.17. The third-order valence-corrected chi connectivity index (χ3v) is 5.10. The number of carbonyl (C=O) groups is 1. The molecule has 0 atom stereocenters. The zero-order valence-corrected chi connectivity index (χ0v) is 16.7. The molecular weight excluding hydrogens is 378 g/mol. The van der Waals surface area contributed by atoms with E-state index in [1.54, 1.807) is 12.4 Å². The maximum atomic E-state index is 12.7. The SMILES string of the molecule is CN(C)Cc1cccc(Nc2cnc(-c3ccnc4[nH]ccc34)c3c2C(=O)NC3)n1. The Hall–Kier alpha value is -3.78. The Balaban J connectivity index is 1.57. The molecule has 0 radical (unpaired) electrons. The van der Waals surface area contributed by atoms with Crippen molar-refractivity contribution in [1.29, 1.82) is 0 Å². The molecule has 5 heterocycles. The van der Waals surface area contributed by atoms with Gasteiger partial charge in [-0.3, -0.25) is 9.78 Å². The lowest BCUT2D eigenvalue weighted by Crippen LogP contribution is -2.14. The first-order valence-electron chi connectivity index (χ1n) is 9.70. The number of nitrogens with one attached hydrogen (secondary N) is 3. The predicted octanol–water partition coefficient (Wildman–Crippen LogP) is 3.07. The third-order valence-electron chi connectivity index (χ3n) is 5.10. The number of amides is 1. The zero-order valence-electron chi connectivity index (χ0n) is 16.7. The monoisotopic (exact) mass is 399 g/mol. The highest BCUT2D eigenvalue weighted by molar-refractivity contribution is 6.06. The number of hydrogen-bond acceptors (Lipinski definition) is 6. The number of hydrogen-bond donors (Lipinski definition) is 3. The fourth-order valence-corrected chi connectivity index (χ4v) is 3.83. The number of fused-ring (bicyclic) bond motifs is 2. The number of carbonyl (C=O) groups excluding carboxylic acids is 1. The van der Waals surface area contributed by atoms with Gasteiger partial charge in [0.2, 0.25) is 0 Å². The number of aromatic amines is 1. The standard InChI is InChI=1S/C22H21N7O/c1-29(2)12-13-4-3-5-18(27-13)28-17-11-25-20(16-10-26-22(30)19(16)17)14-6-8-23-21-15(14)7-9-24-21/h3-9,11H,10,12H2,1-2H3,(H,23,24)(H,26,30)(H,27,28). The van der Waals surface area contributed by atoms with Crippen LogP contribution in [-0.2, 0) is 13.1 Å². The van der Waals surface area contributed by atoms with Crippen molar-refractivity contribution in [2.45, 2.75) is 13.1 Å². The van der Waals surface area contributed by atoms with Gasteiger partial charge >= 0.3 is 0 Å². The van der Waals surface area contributed by atoms with Gasteiger partial charge in [-0.25, -0.2) is 9.97 Å². The summed E-state index contributed by atoms with van der Waals surface area (Å²) in [6.07, 6.45) is 5.31. The van der Waals surface area contributed by atoms with E-state index >= 15 is 0 Å². The number of H-pyrrole nitrogens is 1. The van der Waals surface area contributed by atoms with E-state index in [2.05, 4.69) is 30.5 Å². The van der Waals surface area contributed by atoms with E-state index in [-0.39, 0.29) is 5.91 Å². The molecule has 0 bridgehead atoms. The van der Waals surface area contributed by atoms with E-state index in [0.29, 0.717) is 23.6 Å². The Bertz CT molecular complexity index is 1260. The molecule has 8 nitrogen and oxygen atoms in total. The number of nitrogens with zero attached hydrogens (tertiary/aromatic N) is 4. The van der Waals surface area contributed by atoms with Crippen LogP contribution in [0.5, 0.6) is 0 Å². The fourth-order valence-electron chi connectivity index (χ4n) is 3.83. The van der Waals surface area contributed by atoms with Crippen LogP contribution < -0.4 is 10.6 Å². The first-order valence-corrected chi connectivity index (χ1v) is 9.70. The Morgan fingerprint density at radius 2 is 2.07 bits per heavy atom. The summed E-state index contributed by atoms with van der Waals surface area (Å²) in [5.41, 5.74) is 5.62. The van der Waals surface area contributed by atoms with Gasteiger partial charge in [0, 0.05) is 42.0 Å². The van der Waals surface area contributed by atoms with Gasteiger partial charge in [-0.2, -0.15) is 0 Å². The molecule has 0 unspecified atom stereocenters. The lowest BCUT2D eigenvalue weighted by atomic mass is 10.0. The van der Waals surface area contributed by atoms with Crippen molar-refractivity contribution < 1.29 is 4.79 Å².